The average molecular weight is 389 g/mol. The predicted octanol–water partition coefficient (Wildman–Crippen LogP) is 2.23. The number of nitrogens with one attached hydrogen (secondary N) is 1. The molecule has 1 aliphatic heterocycles. The Hall–Kier alpha value is -2.81. The molecule has 142 valence electrons. The molecule has 1 amide bonds. The van der Waals surface area contributed by atoms with E-state index in [0.29, 0.717) is 11.5 Å². The van der Waals surface area contributed by atoms with Crippen molar-refractivity contribution in [2.45, 2.75) is 25.6 Å². The number of aromatic carboxylic acids is 1. The van der Waals surface area contributed by atoms with E-state index in [4.69, 9.17) is 9.84 Å². The molecule has 1 aromatic carbocycles. The summed E-state index contributed by atoms with van der Waals surface area (Å²) in [6, 6.07) is 6.55. The van der Waals surface area contributed by atoms with Gasteiger partial charge >= 0.3 is 11.9 Å². The first-order valence-corrected chi connectivity index (χ1v) is 9.43. The maximum absolute atomic E-state index is 12.2. The zero-order valence-electron chi connectivity index (χ0n) is 14.9. The van der Waals surface area contributed by atoms with Crippen LogP contribution in [0.2, 0.25) is 0 Å². The van der Waals surface area contributed by atoms with Crippen LogP contribution in [0.3, 0.4) is 0 Å². The Labute approximate surface area is 159 Å². The lowest BCUT2D eigenvalue weighted by molar-refractivity contribution is -0.144. The van der Waals surface area contributed by atoms with Gasteiger partial charge in [-0.1, -0.05) is 12.1 Å². The Morgan fingerprint density at radius 3 is 2.70 bits per heavy atom. The van der Waals surface area contributed by atoms with E-state index in [9.17, 15) is 14.4 Å². The van der Waals surface area contributed by atoms with Crippen LogP contribution < -0.4 is 5.32 Å². The monoisotopic (exact) mass is 389 g/mol. The summed E-state index contributed by atoms with van der Waals surface area (Å²) in [5.41, 5.74) is 2.55. The molecule has 0 radical (unpaired) electrons. The molecule has 0 spiro atoms. The van der Waals surface area contributed by atoms with Crippen LogP contribution in [-0.4, -0.2) is 45.1 Å². The summed E-state index contributed by atoms with van der Waals surface area (Å²) in [6.45, 7) is 3.71. The lowest BCUT2D eigenvalue weighted by Gasteiger charge is -2.15. The van der Waals surface area contributed by atoms with Gasteiger partial charge in [0.15, 0.2) is 0 Å². The van der Waals surface area contributed by atoms with Gasteiger partial charge in [-0.05, 0) is 31.5 Å². The summed E-state index contributed by atoms with van der Waals surface area (Å²) in [7, 11) is 0. The summed E-state index contributed by atoms with van der Waals surface area (Å²) in [5.74, 6) is -0.903. The van der Waals surface area contributed by atoms with Crippen molar-refractivity contribution in [2.24, 2.45) is 0 Å². The summed E-state index contributed by atoms with van der Waals surface area (Å²) in [4.78, 5) is 35.1. The van der Waals surface area contributed by atoms with Crippen molar-refractivity contribution >= 4 is 35.4 Å². The van der Waals surface area contributed by atoms with Gasteiger partial charge in [-0.3, -0.25) is 9.59 Å². The maximum atomic E-state index is 12.2. The Balaban J connectivity index is 2.01. The third kappa shape index (κ3) is 3.97. The number of benzene rings is 1. The number of aryl methyl sites for hydroxylation is 1. The Morgan fingerprint density at radius 1 is 1.37 bits per heavy atom. The van der Waals surface area contributed by atoms with E-state index in [0.717, 1.165) is 11.1 Å². The molecule has 0 bridgehead atoms. The van der Waals surface area contributed by atoms with Gasteiger partial charge in [-0.25, -0.2) is 9.48 Å². The van der Waals surface area contributed by atoms with Crippen LogP contribution in [0.4, 0.5) is 5.82 Å². The maximum Gasteiger partial charge on any atom is 0.335 e. The van der Waals surface area contributed by atoms with E-state index in [2.05, 4.69) is 10.4 Å². The number of ether oxygens (including phenoxy) is 1. The highest BCUT2D eigenvalue weighted by molar-refractivity contribution is 8.00. The average Bonchev–Trinajstić information content (AvgIpc) is 2.80. The topological polar surface area (TPSA) is 111 Å². The van der Waals surface area contributed by atoms with Gasteiger partial charge in [0, 0.05) is 5.56 Å². The molecule has 27 heavy (non-hydrogen) atoms. The molecule has 0 fully saturated rings. The number of carboxylic acid groups (broad SMARTS) is 1. The molecule has 9 heteroatoms. The van der Waals surface area contributed by atoms with Crippen molar-refractivity contribution in [3.05, 3.63) is 46.6 Å². The number of nitrogens with zero attached hydrogens (tertiary/aromatic N) is 2. The summed E-state index contributed by atoms with van der Waals surface area (Å²) in [5, 5.41) is 16.1. The van der Waals surface area contributed by atoms with E-state index in [1.54, 1.807) is 19.1 Å². The number of thioether (sulfide) groups is 1. The second kappa shape index (κ2) is 7.83. The number of esters is 1. The Morgan fingerprint density at radius 2 is 2.07 bits per heavy atom. The van der Waals surface area contributed by atoms with E-state index < -0.39 is 11.9 Å². The highest BCUT2D eigenvalue weighted by Gasteiger charge is 2.30. The summed E-state index contributed by atoms with van der Waals surface area (Å²) in [6.07, 6.45) is 0. The molecular weight excluding hydrogens is 370 g/mol. The lowest BCUT2D eigenvalue weighted by Crippen LogP contribution is -2.20. The molecule has 8 nitrogen and oxygen atoms in total. The first-order chi connectivity index (χ1) is 12.9. The summed E-state index contributed by atoms with van der Waals surface area (Å²) >= 11 is 1.43. The largest absolute Gasteiger partial charge is 0.478 e. The molecule has 1 atom stereocenters. The second-order valence-corrected chi connectivity index (χ2v) is 7.07. The summed E-state index contributed by atoms with van der Waals surface area (Å²) < 4.78 is 6.43. The van der Waals surface area contributed by atoms with Crippen molar-refractivity contribution in [1.29, 1.82) is 0 Å². The third-order valence-electron chi connectivity index (χ3n) is 4.12. The van der Waals surface area contributed by atoms with Gasteiger partial charge in [-0.2, -0.15) is 5.10 Å². The minimum absolute atomic E-state index is 0.0976. The number of aromatic nitrogens is 2. The Bertz CT molecular complexity index is 891. The SMILES string of the molecule is CCOC(=O)Cn1nc(C)c2c1NC(=O)CS[C@H]2c1ccc(C(=O)O)cc1. The molecule has 2 heterocycles. The fraction of sp³-hybridized carbons (Fsp3) is 0.333. The Kier molecular flexibility index (Phi) is 5.50. The smallest absolute Gasteiger partial charge is 0.335 e. The molecule has 0 aliphatic carbocycles. The molecule has 0 unspecified atom stereocenters. The number of carboxylic acids is 1. The molecule has 3 rings (SSSR count). The highest BCUT2D eigenvalue weighted by Crippen LogP contribution is 2.43. The predicted molar refractivity (Wildman–Crippen MR) is 99.9 cm³/mol. The first-order valence-electron chi connectivity index (χ1n) is 8.38. The van der Waals surface area contributed by atoms with Gasteiger partial charge in [0.05, 0.1) is 28.9 Å². The van der Waals surface area contributed by atoms with Crippen LogP contribution in [-0.2, 0) is 20.9 Å². The molecule has 1 aromatic heterocycles. The molecule has 0 saturated carbocycles. The normalized spacial score (nSPS) is 16.2. The van der Waals surface area contributed by atoms with E-state index in [1.165, 1.54) is 28.6 Å². The fourth-order valence-electron chi connectivity index (χ4n) is 2.96. The zero-order valence-corrected chi connectivity index (χ0v) is 15.7. The molecule has 1 aliphatic rings. The van der Waals surface area contributed by atoms with Crippen molar-refractivity contribution in [2.75, 3.05) is 17.7 Å². The minimum Gasteiger partial charge on any atom is -0.478 e. The fourth-order valence-corrected chi connectivity index (χ4v) is 4.15. The van der Waals surface area contributed by atoms with Crippen LogP contribution in [0.5, 0.6) is 0 Å². The van der Waals surface area contributed by atoms with E-state index >= 15 is 0 Å². The highest BCUT2D eigenvalue weighted by atomic mass is 32.2. The number of hydrogen-bond acceptors (Lipinski definition) is 6. The zero-order chi connectivity index (χ0) is 19.6. The van der Waals surface area contributed by atoms with E-state index in [1.807, 2.05) is 6.92 Å². The molecule has 2 aromatic rings. The van der Waals surface area contributed by atoms with Gasteiger partial charge in [0.25, 0.3) is 0 Å². The standard InChI is InChI=1S/C18H19N3O5S/c1-3-26-14(23)8-21-17-15(10(2)20-21)16(27-9-13(22)19-17)11-4-6-12(7-5-11)18(24)25/h4-7,16H,3,8-9H2,1-2H3,(H,19,22)(H,24,25)/t16-/m0/s1. The number of anilines is 1. The number of carbonyl (C=O) groups excluding carboxylic acids is 2. The number of rotatable bonds is 5. The molecule has 0 saturated heterocycles. The number of fused-ring (bicyclic) bond motifs is 1. The van der Waals surface area contributed by atoms with E-state index in [-0.39, 0.29) is 35.6 Å². The second-order valence-electron chi connectivity index (χ2n) is 5.98. The number of carbonyl (C=O) groups is 3. The number of amides is 1. The van der Waals surface area contributed by atoms with Gasteiger partial charge in [-0.15, -0.1) is 11.8 Å². The van der Waals surface area contributed by atoms with Crippen LogP contribution in [0, 0.1) is 6.92 Å². The van der Waals surface area contributed by atoms with Crippen LogP contribution in [0.15, 0.2) is 24.3 Å². The van der Waals surface area contributed by atoms with Crippen LogP contribution in [0.1, 0.15) is 39.4 Å². The van der Waals surface area contributed by atoms with Gasteiger partial charge < -0.3 is 15.2 Å². The first kappa shape index (κ1) is 19.0. The van der Waals surface area contributed by atoms with Gasteiger partial charge in [0.2, 0.25) is 5.91 Å². The quantitative estimate of drug-likeness (QED) is 0.755. The van der Waals surface area contributed by atoms with Gasteiger partial charge in [0.1, 0.15) is 12.4 Å². The lowest BCUT2D eigenvalue weighted by atomic mass is 10.0. The van der Waals surface area contributed by atoms with Crippen molar-refractivity contribution in [1.82, 2.24) is 9.78 Å². The van der Waals surface area contributed by atoms with Crippen LogP contribution in [0.25, 0.3) is 0 Å². The molecule has 2 N–H and O–H groups in total. The minimum atomic E-state index is -0.994. The van der Waals surface area contributed by atoms with Crippen molar-refractivity contribution < 1.29 is 24.2 Å². The van der Waals surface area contributed by atoms with Crippen LogP contribution >= 0.6 is 11.8 Å². The molecular formula is C18H19N3O5S. The van der Waals surface area contributed by atoms with Crippen molar-refractivity contribution in [3.8, 4) is 0 Å². The third-order valence-corrected chi connectivity index (χ3v) is 5.39. The van der Waals surface area contributed by atoms with Crippen molar-refractivity contribution in [3.63, 3.8) is 0 Å². The number of hydrogen-bond donors (Lipinski definition) is 2.